The second kappa shape index (κ2) is 18.8. The predicted molar refractivity (Wildman–Crippen MR) is 107 cm³/mol. The predicted octanol–water partition coefficient (Wildman–Crippen LogP) is 7.16. The van der Waals surface area contributed by atoms with Crippen molar-refractivity contribution >= 4 is 5.91 Å². The Labute approximate surface area is 152 Å². The highest BCUT2D eigenvalue weighted by Gasteiger charge is 2.04. The van der Waals surface area contributed by atoms with Crippen molar-refractivity contribution in [2.75, 3.05) is 0 Å². The summed E-state index contributed by atoms with van der Waals surface area (Å²) in [7, 11) is 0. The zero-order valence-electron chi connectivity index (χ0n) is 17.0. The van der Waals surface area contributed by atoms with Gasteiger partial charge < -0.3 is 5.32 Å². The molecule has 0 saturated carbocycles. The van der Waals surface area contributed by atoms with E-state index in [1.165, 1.54) is 89.9 Å². The molecule has 1 N–H and O–H groups in total. The average Bonchev–Trinajstić information content (AvgIpc) is 2.58. The van der Waals surface area contributed by atoms with E-state index < -0.39 is 0 Å². The maximum absolute atomic E-state index is 11.6. The van der Waals surface area contributed by atoms with E-state index in [-0.39, 0.29) is 5.91 Å². The van der Waals surface area contributed by atoms with E-state index in [0.29, 0.717) is 12.5 Å². The molecule has 0 aromatic carbocycles. The van der Waals surface area contributed by atoms with Gasteiger partial charge in [0, 0.05) is 12.5 Å². The van der Waals surface area contributed by atoms with Crippen LogP contribution in [0.4, 0.5) is 0 Å². The first-order valence-corrected chi connectivity index (χ1v) is 11.0. The topological polar surface area (TPSA) is 29.1 Å². The van der Waals surface area contributed by atoms with Crippen LogP contribution in [0.15, 0.2) is 0 Å². The maximum Gasteiger partial charge on any atom is 0.220 e. The molecule has 0 aliphatic heterocycles. The molecular weight excluding hydrogens is 294 g/mol. The molecule has 0 spiro atoms. The molecule has 2 heteroatoms. The largest absolute Gasteiger partial charge is 0.354 e. The molecule has 144 valence electrons. The number of hydrogen-bond donors (Lipinski definition) is 1. The number of rotatable bonds is 18. The number of nitrogens with one attached hydrogen (secondary N) is 1. The van der Waals surface area contributed by atoms with E-state index in [9.17, 15) is 4.79 Å². The van der Waals surface area contributed by atoms with Crippen LogP contribution in [0.2, 0.25) is 0 Å². The lowest BCUT2D eigenvalue weighted by Crippen LogP contribution is -2.31. The minimum atomic E-state index is 0.235. The molecule has 2 nitrogen and oxygen atoms in total. The Morgan fingerprint density at radius 1 is 0.667 bits per heavy atom. The normalized spacial score (nSPS) is 12.3. The van der Waals surface area contributed by atoms with Crippen molar-refractivity contribution in [1.82, 2.24) is 5.32 Å². The highest BCUT2D eigenvalue weighted by atomic mass is 16.1. The van der Waals surface area contributed by atoms with Gasteiger partial charge in [-0.2, -0.15) is 0 Å². The van der Waals surface area contributed by atoms with Crippen molar-refractivity contribution in [2.24, 2.45) is 0 Å². The molecule has 0 heterocycles. The van der Waals surface area contributed by atoms with Gasteiger partial charge in [-0.25, -0.2) is 0 Å². The maximum atomic E-state index is 11.6. The Morgan fingerprint density at radius 3 is 1.42 bits per heavy atom. The van der Waals surface area contributed by atoms with Crippen molar-refractivity contribution in [2.45, 2.75) is 136 Å². The van der Waals surface area contributed by atoms with E-state index in [2.05, 4.69) is 26.1 Å². The zero-order chi connectivity index (χ0) is 17.9. The summed E-state index contributed by atoms with van der Waals surface area (Å²) in [6.45, 7) is 6.47. The molecule has 0 rings (SSSR count). The Kier molecular flexibility index (Phi) is 18.4. The lowest BCUT2D eigenvalue weighted by Gasteiger charge is -2.10. The molecule has 24 heavy (non-hydrogen) atoms. The lowest BCUT2D eigenvalue weighted by molar-refractivity contribution is -0.121. The van der Waals surface area contributed by atoms with E-state index in [0.717, 1.165) is 12.8 Å². The molecule has 0 bridgehead atoms. The summed E-state index contributed by atoms with van der Waals surface area (Å²) >= 11 is 0. The first-order valence-electron chi connectivity index (χ1n) is 11.0. The first-order chi connectivity index (χ1) is 11.7. The summed E-state index contributed by atoms with van der Waals surface area (Å²) in [5, 5.41) is 3.04. The van der Waals surface area contributed by atoms with Gasteiger partial charge in [0.2, 0.25) is 5.91 Å². The standard InChI is InChI=1S/C22H45NO/c1-4-6-7-8-9-10-11-12-13-14-15-16-17-18-19-20-22(24)23-21(3)5-2/h21H,4-20H2,1-3H3,(H,23,24). The molecule has 0 aromatic rings. The van der Waals surface area contributed by atoms with E-state index in [1.54, 1.807) is 0 Å². The summed E-state index contributed by atoms with van der Waals surface area (Å²) in [5.74, 6) is 0.235. The van der Waals surface area contributed by atoms with Gasteiger partial charge in [-0.15, -0.1) is 0 Å². The van der Waals surface area contributed by atoms with Gasteiger partial charge in [0.25, 0.3) is 0 Å². The first kappa shape index (κ1) is 23.5. The second-order valence-corrected chi connectivity index (χ2v) is 7.58. The molecule has 0 aromatic heterocycles. The molecule has 0 aliphatic rings. The summed E-state index contributed by atoms with van der Waals surface area (Å²) in [6.07, 6.45) is 22.3. The molecule has 0 fully saturated rings. The third-order valence-corrected chi connectivity index (χ3v) is 5.03. The van der Waals surface area contributed by atoms with E-state index >= 15 is 0 Å². The Morgan fingerprint density at radius 2 is 1.04 bits per heavy atom. The fraction of sp³-hybridized carbons (Fsp3) is 0.955. The van der Waals surface area contributed by atoms with Gasteiger partial charge in [0.15, 0.2) is 0 Å². The highest BCUT2D eigenvalue weighted by molar-refractivity contribution is 5.76. The molecule has 0 radical (unpaired) electrons. The van der Waals surface area contributed by atoms with Crippen molar-refractivity contribution in [3.8, 4) is 0 Å². The minimum absolute atomic E-state index is 0.235. The molecular formula is C22H45NO. The van der Waals surface area contributed by atoms with Crippen LogP contribution in [-0.4, -0.2) is 11.9 Å². The lowest BCUT2D eigenvalue weighted by atomic mass is 10.0. The number of unbranched alkanes of at least 4 members (excludes halogenated alkanes) is 14. The quantitative estimate of drug-likeness (QED) is 0.264. The molecule has 1 unspecified atom stereocenters. The molecule has 0 saturated heterocycles. The second-order valence-electron chi connectivity index (χ2n) is 7.58. The van der Waals surface area contributed by atoms with Gasteiger partial charge in [0.1, 0.15) is 0 Å². The van der Waals surface area contributed by atoms with E-state index in [1.807, 2.05) is 0 Å². The number of carbonyl (C=O) groups excluding carboxylic acids is 1. The summed E-state index contributed by atoms with van der Waals surface area (Å²) < 4.78 is 0. The van der Waals surface area contributed by atoms with Crippen LogP contribution in [0.3, 0.4) is 0 Å². The van der Waals surface area contributed by atoms with Gasteiger partial charge in [-0.05, 0) is 19.8 Å². The van der Waals surface area contributed by atoms with Crippen LogP contribution >= 0.6 is 0 Å². The SMILES string of the molecule is CCCCCCCCCCCCCCCCCC(=O)NC(C)CC. The van der Waals surface area contributed by atoms with Crippen LogP contribution in [0.5, 0.6) is 0 Å². The van der Waals surface area contributed by atoms with Gasteiger partial charge >= 0.3 is 0 Å². The van der Waals surface area contributed by atoms with Gasteiger partial charge in [-0.3, -0.25) is 4.79 Å². The highest BCUT2D eigenvalue weighted by Crippen LogP contribution is 2.13. The number of carbonyl (C=O) groups is 1. The molecule has 1 atom stereocenters. The van der Waals surface area contributed by atoms with Crippen LogP contribution in [0.1, 0.15) is 130 Å². The number of amides is 1. The fourth-order valence-corrected chi connectivity index (χ4v) is 3.11. The third-order valence-electron chi connectivity index (χ3n) is 5.03. The van der Waals surface area contributed by atoms with Crippen LogP contribution in [-0.2, 0) is 4.79 Å². The van der Waals surface area contributed by atoms with Crippen LogP contribution in [0.25, 0.3) is 0 Å². The van der Waals surface area contributed by atoms with Crippen molar-refractivity contribution < 1.29 is 4.79 Å². The smallest absolute Gasteiger partial charge is 0.220 e. The zero-order valence-corrected chi connectivity index (χ0v) is 17.0. The van der Waals surface area contributed by atoms with Crippen molar-refractivity contribution in [1.29, 1.82) is 0 Å². The van der Waals surface area contributed by atoms with Crippen LogP contribution in [0, 0.1) is 0 Å². The Hall–Kier alpha value is -0.530. The monoisotopic (exact) mass is 339 g/mol. The number of hydrogen-bond acceptors (Lipinski definition) is 1. The average molecular weight is 340 g/mol. The molecule has 0 aliphatic carbocycles. The Bertz CT molecular complexity index is 265. The summed E-state index contributed by atoms with van der Waals surface area (Å²) in [5.41, 5.74) is 0. The van der Waals surface area contributed by atoms with Crippen molar-refractivity contribution in [3.63, 3.8) is 0 Å². The fourth-order valence-electron chi connectivity index (χ4n) is 3.11. The minimum Gasteiger partial charge on any atom is -0.354 e. The third kappa shape index (κ3) is 17.8. The Balaban J connectivity index is 3.11. The van der Waals surface area contributed by atoms with Gasteiger partial charge in [-0.1, -0.05) is 104 Å². The van der Waals surface area contributed by atoms with Crippen molar-refractivity contribution in [3.05, 3.63) is 0 Å². The van der Waals surface area contributed by atoms with E-state index in [4.69, 9.17) is 0 Å². The van der Waals surface area contributed by atoms with Gasteiger partial charge in [0.05, 0.1) is 0 Å². The molecule has 1 amide bonds. The summed E-state index contributed by atoms with van der Waals surface area (Å²) in [6, 6.07) is 0.328. The summed E-state index contributed by atoms with van der Waals surface area (Å²) in [4.78, 5) is 11.6. The van der Waals surface area contributed by atoms with Crippen LogP contribution < -0.4 is 5.32 Å².